The van der Waals surface area contributed by atoms with Crippen LogP contribution in [0.15, 0.2) is 18.2 Å². The molecule has 0 spiro atoms. The van der Waals surface area contributed by atoms with Crippen LogP contribution in [0.5, 0.6) is 0 Å². The Bertz CT molecular complexity index is 561. The SMILES string of the molecule is O=C(c1cccc(Cl)c1[N+](=O)[O-])N1CC2CCC1C2. The molecule has 0 aromatic heterocycles. The first-order valence-corrected chi connectivity index (χ1v) is 6.69. The highest BCUT2D eigenvalue weighted by Crippen LogP contribution is 2.39. The van der Waals surface area contributed by atoms with Crippen LogP contribution >= 0.6 is 11.6 Å². The molecule has 1 amide bonds. The summed E-state index contributed by atoms with van der Waals surface area (Å²) in [7, 11) is 0. The maximum atomic E-state index is 12.5. The molecule has 2 fully saturated rings. The molecular weight excluding hydrogens is 268 g/mol. The minimum absolute atomic E-state index is 0.0141. The van der Waals surface area contributed by atoms with Crippen molar-refractivity contribution in [3.05, 3.63) is 38.9 Å². The van der Waals surface area contributed by atoms with Crippen molar-refractivity contribution in [3.63, 3.8) is 0 Å². The molecule has 1 saturated heterocycles. The average molecular weight is 281 g/mol. The highest BCUT2D eigenvalue weighted by molar-refractivity contribution is 6.33. The standard InChI is InChI=1S/C13H13ClN2O3/c14-11-3-1-2-10(12(11)16(18)19)13(17)15-7-8-4-5-9(15)6-8/h1-3,8-9H,4-7H2. The highest BCUT2D eigenvalue weighted by Gasteiger charge is 2.42. The van der Waals surface area contributed by atoms with Crippen LogP contribution in [0.4, 0.5) is 5.69 Å². The van der Waals surface area contributed by atoms with E-state index < -0.39 is 4.92 Å². The molecule has 2 aliphatic rings. The van der Waals surface area contributed by atoms with Crippen molar-refractivity contribution in [2.75, 3.05) is 6.54 Å². The summed E-state index contributed by atoms with van der Waals surface area (Å²) in [6.45, 7) is 0.715. The van der Waals surface area contributed by atoms with Gasteiger partial charge in [-0.2, -0.15) is 0 Å². The predicted molar refractivity (Wildman–Crippen MR) is 70.3 cm³/mol. The summed E-state index contributed by atoms with van der Waals surface area (Å²) in [5, 5.41) is 11.1. The van der Waals surface area contributed by atoms with Gasteiger partial charge in [-0.05, 0) is 37.3 Å². The first kappa shape index (κ1) is 12.4. The maximum absolute atomic E-state index is 12.5. The van der Waals surface area contributed by atoms with Crippen LogP contribution in [0.3, 0.4) is 0 Å². The summed E-state index contributed by atoms with van der Waals surface area (Å²) in [6.07, 6.45) is 3.19. The molecule has 1 saturated carbocycles. The van der Waals surface area contributed by atoms with Crippen LogP contribution in [0.1, 0.15) is 29.6 Å². The number of nitrogens with zero attached hydrogens (tertiary/aromatic N) is 2. The van der Waals surface area contributed by atoms with Crippen molar-refractivity contribution >= 4 is 23.2 Å². The lowest BCUT2D eigenvalue weighted by Crippen LogP contribution is -2.37. The number of para-hydroxylation sites is 1. The minimum atomic E-state index is -0.579. The number of likely N-dealkylation sites (tertiary alicyclic amines) is 1. The Morgan fingerprint density at radius 1 is 1.42 bits per heavy atom. The molecule has 3 rings (SSSR count). The van der Waals surface area contributed by atoms with E-state index >= 15 is 0 Å². The first-order valence-electron chi connectivity index (χ1n) is 6.32. The number of hydrogen-bond donors (Lipinski definition) is 0. The molecule has 1 heterocycles. The quantitative estimate of drug-likeness (QED) is 0.618. The fraction of sp³-hybridized carbons (Fsp3) is 0.462. The molecule has 1 aromatic rings. The first-order chi connectivity index (χ1) is 9.08. The number of halogens is 1. The summed E-state index contributed by atoms with van der Waals surface area (Å²) in [4.78, 5) is 24.7. The van der Waals surface area contributed by atoms with Crippen LogP contribution in [0, 0.1) is 16.0 Å². The molecule has 1 aliphatic heterocycles. The third-order valence-electron chi connectivity index (χ3n) is 4.07. The summed E-state index contributed by atoms with van der Waals surface area (Å²) in [6, 6.07) is 4.75. The van der Waals surface area contributed by atoms with Crippen molar-refractivity contribution in [2.45, 2.75) is 25.3 Å². The van der Waals surface area contributed by atoms with Gasteiger partial charge in [0, 0.05) is 12.6 Å². The summed E-state index contributed by atoms with van der Waals surface area (Å²) < 4.78 is 0. The zero-order valence-electron chi connectivity index (χ0n) is 10.2. The molecular formula is C13H13ClN2O3. The number of carbonyl (C=O) groups is 1. The Balaban J connectivity index is 1.96. The number of nitro benzene ring substituents is 1. The van der Waals surface area contributed by atoms with Crippen molar-refractivity contribution in [1.29, 1.82) is 0 Å². The molecule has 1 aromatic carbocycles. The maximum Gasteiger partial charge on any atom is 0.300 e. The van der Waals surface area contributed by atoms with Gasteiger partial charge in [0.1, 0.15) is 10.6 Å². The Kier molecular flexibility index (Phi) is 2.93. The van der Waals surface area contributed by atoms with E-state index in [9.17, 15) is 14.9 Å². The smallest absolute Gasteiger partial charge is 0.300 e. The van der Waals surface area contributed by atoms with Crippen molar-refractivity contribution in [1.82, 2.24) is 4.90 Å². The number of piperidine rings is 1. The largest absolute Gasteiger partial charge is 0.335 e. The van der Waals surface area contributed by atoms with Gasteiger partial charge in [0.2, 0.25) is 0 Å². The molecule has 0 radical (unpaired) electrons. The average Bonchev–Trinajstić information content (AvgIpc) is 2.99. The number of benzene rings is 1. The molecule has 2 unspecified atom stereocenters. The topological polar surface area (TPSA) is 63.4 Å². The normalized spacial score (nSPS) is 24.8. The summed E-state index contributed by atoms with van der Waals surface area (Å²) in [5.74, 6) is 0.300. The second-order valence-corrected chi connectivity index (χ2v) is 5.59. The fourth-order valence-corrected chi connectivity index (χ4v) is 3.45. The summed E-state index contributed by atoms with van der Waals surface area (Å²) in [5.41, 5.74) is -0.179. The zero-order valence-corrected chi connectivity index (χ0v) is 11.0. The van der Waals surface area contributed by atoms with Crippen LogP contribution in [0.2, 0.25) is 5.02 Å². The second-order valence-electron chi connectivity index (χ2n) is 5.18. The van der Waals surface area contributed by atoms with Crippen molar-refractivity contribution < 1.29 is 9.72 Å². The van der Waals surface area contributed by atoms with E-state index in [1.807, 2.05) is 0 Å². The van der Waals surface area contributed by atoms with Gasteiger partial charge in [0.15, 0.2) is 0 Å². The van der Waals surface area contributed by atoms with Gasteiger partial charge in [0.25, 0.3) is 5.91 Å². The van der Waals surface area contributed by atoms with E-state index in [0.29, 0.717) is 12.5 Å². The lowest BCUT2D eigenvalue weighted by atomic mass is 10.1. The number of carbonyl (C=O) groups excluding carboxylic acids is 1. The number of hydrogen-bond acceptors (Lipinski definition) is 3. The summed E-state index contributed by atoms with van der Waals surface area (Å²) >= 11 is 5.84. The van der Waals surface area contributed by atoms with Gasteiger partial charge in [-0.25, -0.2) is 0 Å². The van der Waals surface area contributed by atoms with Gasteiger partial charge < -0.3 is 4.90 Å². The van der Waals surface area contributed by atoms with Crippen LogP contribution in [-0.4, -0.2) is 28.3 Å². The minimum Gasteiger partial charge on any atom is -0.335 e. The van der Waals surface area contributed by atoms with E-state index in [2.05, 4.69) is 0 Å². The number of rotatable bonds is 2. The lowest BCUT2D eigenvalue weighted by molar-refractivity contribution is -0.385. The monoisotopic (exact) mass is 280 g/mol. The van der Waals surface area contributed by atoms with Gasteiger partial charge in [-0.3, -0.25) is 14.9 Å². The van der Waals surface area contributed by atoms with E-state index in [1.54, 1.807) is 11.0 Å². The Morgan fingerprint density at radius 2 is 2.21 bits per heavy atom. The molecule has 0 N–H and O–H groups in total. The Hall–Kier alpha value is -1.62. The van der Waals surface area contributed by atoms with Gasteiger partial charge in [-0.1, -0.05) is 17.7 Å². The van der Waals surface area contributed by atoms with Crippen LogP contribution in [0.25, 0.3) is 0 Å². The van der Waals surface area contributed by atoms with Crippen LogP contribution < -0.4 is 0 Å². The van der Waals surface area contributed by atoms with E-state index in [-0.39, 0.29) is 28.2 Å². The van der Waals surface area contributed by atoms with E-state index in [1.165, 1.54) is 12.1 Å². The van der Waals surface area contributed by atoms with Crippen molar-refractivity contribution in [2.24, 2.45) is 5.92 Å². The molecule has 1 aliphatic carbocycles. The Morgan fingerprint density at radius 3 is 2.79 bits per heavy atom. The van der Waals surface area contributed by atoms with E-state index in [0.717, 1.165) is 19.3 Å². The molecule has 2 atom stereocenters. The van der Waals surface area contributed by atoms with E-state index in [4.69, 9.17) is 11.6 Å². The molecule has 2 bridgehead atoms. The zero-order chi connectivity index (χ0) is 13.6. The number of nitro groups is 1. The van der Waals surface area contributed by atoms with Crippen molar-refractivity contribution in [3.8, 4) is 0 Å². The van der Waals surface area contributed by atoms with Crippen LogP contribution in [-0.2, 0) is 0 Å². The third-order valence-corrected chi connectivity index (χ3v) is 4.37. The molecule has 5 nitrogen and oxygen atoms in total. The third kappa shape index (κ3) is 1.98. The lowest BCUT2D eigenvalue weighted by Gasteiger charge is -2.26. The molecule has 19 heavy (non-hydrogen) atoms. The van der Waals surface area contributed by atoms with Gasteiger partial charge >= 0.3 is 5.69 Å². The van der Waals surface area contributed by atoms with Gasteiger partial charge in [0.05, 0.1) is 4.92 Å². The molecule has 100 valence electrons. The number of fused-ring (bicyclic) bond motifs is 2. The number of amides is 1. The molecule has 6 heteroatoms. The predicted octanol–water partition coefficient (Wildman–Crippen LogP) is 2.87. The van der Waals surface area contributed by atoms with Gasteiger partial charge in [-0.15, -0.1) is 0 Å². The second kappa shape index (κ2) is 4.49. The fourth-order valence-electron chi connectivity index (χ4n) is 3.20. The Labute approximate surface area is 115 Å². The highest BCUT2D eigenvalue weighted by atomic mass is 35.5.